The Morgan fingerprint density at radius 2 is 0.741 bits per heavy atom. The topological polar surface area (TPSA) is 0 Å². The Morgan fingerprint density at radius 3 is 1.41 bits per heavy atom. The second-order valence-electron chi connectivity index (χ2n) is 14.3. The normalized spacial score (nSPS) is 12.1. The molecular weight excluding hydrogens is 689 g/mol. The molecule has 0 fully saturated rings. The highest BCUT2D eigenvalue weighted by atomic mass is 32.1. The Morgan fingerprint density at radius 1 is 0.259 bits per heavy atom. The van der Waals surface area contributed by atoms with Crippen molar-refractivity contribution >= 4 is 106 Å². The van der Waals surface area contributed by atoms with Crippen LogP contribution in [-0.4, -0.2) is 0 Å². The smallest absolute Gasteiger partial charge is 0.0362 e. The van der Waals surface area contributed by atoms with E-state index in [9.17, 15) is 0 Å². The molecule has 0 nitrogen and oxygen atoms in total. The van der Waals surface area contributed by atoms with Gasteiger partial charge in [-0.25, -0.2) is 0 Å². The summed E-state index contributed by atoms with van der Waals surface area (Å²) in [6.07, 6.45) is 0. The molecule has 2 aromatic heterocycles. The minimum atomic E-state index is 1.24. The molecule has 0 amide bonds. The molecule has 12 aromatic rings. The van der Waals surface area contributed by atoms with E-state index < -0.39 is 0 Å². The van der Waals surface area contributed by atoms with Gasteiger partial charge in [0.15, 0.2) is 0 Å². The van der Waals surface area contributed by atoms with Crippen molar-refractivity contribution in [3.8, 4) is 33.4 Å². The van der Waals surface area contributed by atoms with Crippen LogP contribution in [0.2, 0.25) is 0 Å². The maximum atomic E-state index is 2.48. The molecule has 0 saturated carbocycles. The summed E-state index contributed by atoms with van der Waals surface area (Å²) < 4.78 is 5.38. The fraction of sp³-hybridized carbons (Fsp3) is 0. The fourth-order valence-electron chi connectivity index (χ4n) is 9.09. The van der Waals surface area contributed by atoms with E-state index >= 15 is 0 Å². The fourth-order valence-corrected chi connectivity index (χ4v) is 11.3. The SMILES string of the molecule is c1ccc(-c2ccc(-c3c4ccccc4c(-c4ccc5sc6ccc7sc8cc9ccccc9cc8c7c6c5c4)c4ccccc34)c3ccccc23)cc1. The summed E-state index contributed by atoms with van der Waals surface area (Å²) in [4.78, 5) is 0. The van der Waals surface area contributed by atoms with Gasteiger partial charge in [0.05, 0.1) is 0 Å². The second-order valence-corrected chi connectivity index (χ2v) is 16.5. The summed E-state index contributed by atoms with van der Waals surface area (Å²) in [5.41, 5.74) is 7.61. The van der Waals surface area contributed by atoms with Crippen molar-refractivity contribution in [3.63, 3.8) is 0 Å². The second kappa shape index (κ2) is 11.6. The molecular formula is C52H30S2. The van der Waals surface area contributed by atoms with Crippen molar-refractivity contribution in [1.82, 2.24) is 0 Å². The van der Waals surface area contributed by atoms with E-state index in [1.165, 1.54) is 117 Å². The number of fused-ring (bicyclic) bond motifs is 11. The lowest BCUT2D eigenvalue weighted by molar-refractivity contribution is 1.64. The molecule has 0 aliphatic heterocycles. The molecule has 0 spiro atoms. The molecule has 2 heterocycles. The first kappa shape index (κ1) is 30.2. The molecule has 0 bridgehead atoms. The van der Waals surface area contributed by atoms with Gasteiger partial charge in [-0.1, -0.05) is 146 Å². The third kappa shape index (κ3) is 4.36. The van der Waals surface area contributed by atoms with Crippen molar-refractivity contribution in [2.24, 2.45) is 0 Å². The van der Waals surface area contributed by atoms with Crippen LogP contribution in [0, 0.1) is 0 Å². The zero-order valence-electron chi connectivity index (χ0n) is 29.1. The zero-order valence-corrected chi connectivity index (χ0v) is 30.8. The van der Waals surface area contributed by atoms with Crippen LogP contribution in [0.1, 0.15) is 0 Å². The highest BCUT2D eigenvalue weighted by Gasteiger charge is 2.21. The average Bonchev–Trinajstić information content (AvgIpc) is 3.79. The number of hydrogen-bond acceptors (Lipinski definition) is 2. The number of thiophene rings is 2. The van der Waals surface area contributed by atoms with Crippen molar-refractivity contribution < 1.29 is 0 Å². The predicted molar refractivity (Wildman–Crippen MR) is 239 cm³/mol. The summed E-state index contributed by atoms with van der Waals surface area (Å²) in [6, 6.07) is 67.8. The first-order valence-corrected chi connectivity index (χ1v) is 20.1. The lowest BCUT2D eigenvalue weighted by atomic mass is 9.83. The van der Waals surface area contributed by atoms with Crippen LogP contribution in [-0.2, 0) is 0 Å². The molecule has 2 heteroatoms. The van der Waals surface area contributed by atoms with Gasteiger partial charge >= 0.3 is 0 Å². The standard InChI is InChI=1S/C52H30S2/c1-2-12-31(13-3-1)35-23-24-42(37-17-7-6-16-36(35)37)50-40-20-10-8-18-38(40)49(39-19-9-11-21-41(39)50)34-22-25-45-43(29-34)51-46(53-45)26-27-47-52(51)44-28-32-14-4-5-15-33(32)30-48(44)54-47/h1-30H. The highest BCUT2D eigenvalue weighted by molar-refractivity contribution is 7.28. The van der Waals surface area contributed by atoms with Gasteiger partial charge in [-0.05, 0) is 113 Å². The van der Waals surface area contributed by atoms with E-state index in [0.717, 1.165) is 0 Å². The maximum absolute atomic E-state index is 2.48. The molecule has 0 N–H and O–H groups in total. The Hall–Kier alpha value is -6.32. The Labute approximate surface area is 319 Å². The van der Waals surface area contributed by atoms with E-state index in [1.54, 1.807) is 0 Å². The van der Waals surface area contributed by atoms with Crippen molar-refractivity contribution in [1.29, 1.82) is 0 Å². The van der Waals surface area contributed by atoms with Gasteiger partial charge in [0.2, 0.25) is 0 Å². The summed E-state index contributed by atoms with van der Waals surface area (Å²) >= 11 is 3.82. The van der Waals surface area contributed by atoms with Crippen molar-refractivity contribution in [2.45, 2.75) is 0 Å². The molecule has 0 aliphatic rings. The maximum Gasteiger partial charge on any atom is 0.0362 e. The minimum absolute atomic E-state index is 1.24. The monoisotopic (exact) mass is 718 g/mol. The molecule has 0 atom stereocenters. The molecule has 250 valence electrons. The van der Waals surface area contributed by atoms with Gasteiger partial charge in [0, 0.05) is 40.3 Å². The van der Waals surface area contributed by atoms with Gasteiger partial charge in [-0.2, -0.15) is 0 Å². The zero-order chi connectivity index (χ0) is 35.3. The average molecular weight is 719 g/mol. The third-order valence-electron chi connectivity index (χ3n) is 11.4. The molecule has 12 rings (SSSR count). The lowest BCUT2D eigenvalue weighted by Crippen LogP contribution is -1.92. The number of hydrogen-bond donors (Lipinski definition) is 0. The minimum Gasteiger partial charge on any atom is -0.135 e. The van der Waals surface area contributed by atoms with E-state index in [2.05, 4.69) is 182 Å². The molecule has 0 radical (unpaired) electrons. The van der Waals surface area contributed by atoms with Gasteiger partial charge in [-0.15, -0.1) is 22.7 Å². The highest BCUT2D eigenvalue weighted by Crippen LogP contribution is 2.49. The first-order chi connectivity index (χ1) is 26.8. The number of benzene rings is 10. The summed E-state index contributed by atoms with van der Waals surface area (Å²) in [5, 5.41) is 15.7. The Balaban J connectivity index is 1.14. The molecule has 54 heavy (non-hydrogen) atoms. The predicted octanol–water partition coefficient (Wildman–Crippen LogP) is 16.0. The van der Waals surface area contributed by atoms with Crippen molar-refractivity contribution in [3.05, 3.63) is 182 Å². The van der Waals surface area contributed by atoms with Gasteiger partial charge in [0.25, 0.3) is 0 Å². The quantitative estimate of drug-likeness (QED) is 0.160. The summed E-state index contributed by atoms with van der Waals surface area (Å²) in [6.45, 7) is 0. The summed E-state index contributed by atoms with van der Waals surface area (Å²) in [7, 11) is 0. The lowest BCUT2D eigenvalue weighted by Gasteiger charge is -2.19. The molecule has 10 aromatic carbocycles. The van der Waals surface area contributed by atoms with Crippen LogP contribution in [0.4, 0.5) is 0 Å². The number of rotatable bonds is 3. The largest absolute Gasteiger partial charge is 0.135 e. The molecule has 0 aliphatic carbocycles. The van der Waals surface area contributed by atoms with Crippen LogP contribution < -0.4 is 0 Å². The van der Waals surface area contributed by atoms with Gasteiger partial charge in [0.1, 0.15) is 0 Å². The van der Waals surface area contributed by atoms with E-state index in [4.69, 9.17) is 0 Å². The van der Waals surface area contributed by atoms with Crippen LogP contribution >= 0.6 is 22.7 Å². The van der Waals surface area contributed by atoms with Crippen LogP contribution in [0.3, 0.4) is 0 Å². The Kier molecular flexibility index (Phi) is 6.48. The first-order valence-electron chi connectivity index (χ1n) is 18.5. The molecule has 0 unspecified atom stereocenters. The summed E-state index contributed by atoms with van der Waals surface area (Å²) in [5.74, 6) is 0. The van der Waals surface area contributed by atoms with Crippen molar-refractivity contribution in [2.75, 3.05) is 0 Å². The van der Waals surface area contributed by atoms with E-state index in [0.29, 0.717) is 0 Å². The van der Waals surface area contributed by atoms with E-state index in [-0.39, 0.29) is 0 Å². The molecule has 0 saturated heterocycles. The van der Waals surface area contributed by atoms with Crippen LogP contribution in [0.25, 0.3) is 117 Å². The third-order valence-corrected chi connectivity index (χ3v) is 13.7. The van der Waals surface area contributed by atoms with Gasteiger partial charge < -0.3 is 0 Å². The van der Waals surface area contributed by atoms with E-state index in [1.807, 2.05) is 22.7 Å². The Bertz CT molecular complexity index is 3430. The van der Waals surface area contributed by atoms with Crippen LogP contribution in [0.15, 0.2) is 182 Å². The van der Waals surface area contributed by atoms with Crippen LogP contribution in [0.5, 0.6) is 0 Å². The van der Waals surface area contributed by atoms with Gasteiger partial charge in [-0.3, -0.25) is 0 Å².